The molecular weight excluding hydrogens is 376 g/mol. The van der Waals surface area contributed by atoms with E-state index < -0.39 is 5.97 Å². The predicted molar refractivity (Wildman–Crippen MR) is 101 cm³/mol. The Balaban J connectivity index is 1.77. The number of halogens is 3. The Morgan fingerprint density at radius 1 is 1.27 bits per heavy atom. The molecule has 3 nitrogen and oxygen atoms in total. The molecule has 4 rings (SSSR count). The van der Waals surface area contributed by atoms with E-state index in [0.29, 0.717) is 22.0 Å². The molecule has 0 atom stereocenters. The highest BCUT2D eigenvalue weighted by molar-refractivity contribution is 6.38. The Bertz CT molecular complexity index is 1020. The van der Waals surface area contributed by atoms with Crippen LogP contribution in [0.15, 0.2) is 36.5 Å². The van der Waals surface area contributed by atoms with Crippen molar-refractivity contribution < 1.29 is 13.9 Å². The lowest BCUT2D eigenvalue weighted by Gasteiger charge is -2.13. The second-order valence-electron chi connectivity index (χ2n) is 6.54. The maximum absolute atomic E-state index is 14.7. The average molecular weight is 392 g/mol. The molecule has 1 fully saturated rings. The summed E-state index contributed by atoms with van der Waals surface area (Å²) in [5.41, 5.74) is 2.35. The molecule has 2 aromatic carbocycles. The summed E-state index contributed by atoms with van der Waals surface area (Å²) in [6, 6.07) is 8.67. The Labute approximate surface area is 160 Å². The number of carbonyl (C=O) groups excluding carboxylic acids is 1. The van der Waals surface area contributed by atoms with E-state index in [1.165, 1.54) is 13.2 Å². The van der Waals surface area contributed by atoms with Crippen molar-refractivity contribution in [2.45, 2.75) is 25.3 Å². The third kappa shape index (κ3) is 2.97. The lowest BCUT2D eigenvalue weighted by Crippen LogP contribution is -2.07. The van der Waals surface area contributed by atoms with Crippen LogP contribution in [0.1, 0.15) is 40.2 Å². The van der Waals surface area contributed by atoms with Gasteiger partial charge < -0.3 is 9.30 Å². The highest BCUT2D eigenvalue weighted by Gasteiger charge is 2.25. The summed E-state index contributed by atoms with van der Waals surface area (Å²) in [7, 11) is 1.29. The normalized spacial score (nSPS) is 14.0. The molecule has 26 heavy (non-hydrogen) atoms. The topological polar surface area (TPSA) is 31.2 Å². The Hall–Kier alpha value is -2.04. The van der Waals surface area contributed by atoms with Gasteiger partial charge in [-0.1, -0.05) is 23.2 Å². The first-order valence-electron chi connectivity index (χ1n) is 8.33. The standard InChI is InChI=1S/C20H16Cl2FNO2/c1-26-20(25)14-4-5-16(21)15(18(14)22)10-24-7-6-12-8-13(11-2-3-11)9-17(23)19(12)24/h4-9,11H,2-3,10H2,1H3. The van der Waals surface area contributed by atoms with Gasteiger partial charge in [0.2, 0.25) is 0 Å². The number of hydrogen-bond acceptors (Lipinski definition) is 2. The number of nitrogens with zero attached hydrogens (tertiary/aromatic N) is 1. The molecule has 0 amide bonds. The summed E-state index contributed by atoms with van der Waals surface area (Å²) in [4.78, 5) is 11.9. The number of esters is 1. The molecule has 1 aliphatic carbocycles. The van der Waals surface area contributed by atoms with Crippen LogP contribution in [0, 0.1) is 5.82 Å². The van der Waals surface area contributed by atoms with Crippen molar-refractivity contribution in [3.05, 3.63) is 69.1 Å². The third-order valence-corrected chi connectivity index (χ3v) is 5.59. The first-order chi connectivity index (χ1) is 12.5. The number of rotatable bonds is 4. The van der Waals surface area contributed by atoms with E-state index in [0.717, 1.165) is 23.8 Å². The zero-order valence-electron chi connectivity index (χ0n) is 14.1. The van der Waals surface area contributed by atoms with Gasteiger partial charge in [0.1, 0.15) is 5.82 Å². The number of hydrogen-bond donors (Lipinski definition) is 0. The largest absolute Gasteiger partial charge is 0.465 e. The van der Waals surface area contributed by atoms with E-state index in [-0.39, 0.29) is 22.9 Å². The van der Waals surface area contributed by atoms with Crippen LogP contribution >= 0.6 is 23.2 Å². The summed E-state index contributed by atoms with van der Waals surface area (Å²) >= 11 is 12.7. The van der Waals surface area contributed by atoms with Gasteiger partial charge in [0.05, 0.1) is 29.8 Å². The van der Waals surface area contributed by atoms with E-state index in [1.54, 1.807) is 16.7 Å². The van der Waals surface area contributed by atoms with Crippen LogP contribution < -0.4 is 0 Å². The van der Waals surface area contributed by atoms with Crippen molar-refractivity contribution in [1.29, 1.82) is 0 Å². The molecule has 0 radical (unpaired) electrons. The molecule has 1 heterocycles. The minimum atomic E-state index is -0.537. The monoisotopic (exact) mass is 391 g/mol. The van der Waals surface area contributed by atoms with Crippen molar-refractivity contribution in [1.82, 2.24) is 4.57 Å². The van der Waals surface area contributed by atoms with Crippen LogP contribution in [0.2, 0.25) is 10.0 Å². The molecule has 0 aliphatic heterocycles. The highest BCUT2D eigenvalue weighted by Crippen LogP contribution is 2.41. The van der Waals surface area contributed by atoms with Crippen LogP contribution in [-0.2, 0) is 11.3 Å². The van der Waals surface area contributed by atoms with E-state index in [2.05, 4.69) is 0 Å². The van der Waals surface area contributed by atoms with Crippen LogP contribution in [0.25, 0.3) is 10.9 Å². The summed E-state index contributed by atoms with van der Waals surface area (Å²) in [5.74, 6) is -0.311. The van der Waals surface area contributed by atoms with Gasteiger partial charge >= 0.3 is 5.97 Å². The van der Waals surface area contributed by atoms with Gasteiger partial charge in [-0.25, -0.2) is 9.18 Å². The molecule has 0 bridgehead atoms. The summed E-state index contributed by atoms with van der Waals surface area (Å²) in [6.07, 6.45) is 4.05. The number of fused-ring (bicyclic) bond motifs is 1. The lowest BCUT2D eigenvalue weighted by molar-refractivity contribution is 0.0601. The smallest absolute Gasteiger partial charge is 0.339 e. The van der Waals surface area contributed by atoms with E-state index >= 15 is 0 Å². The Morgan fingerprint density at radius 3 is 2.73 bits per heavy atom. The summed E-state index contributed by atoms with van der Waals surface area (Å²) in [5, 5.41) is 1.49. The highest BCUT2D eigenvalue weighted by atomic mass is 35.5. The van der Waals surface area contributed by atoms with Gasteiger partial charge in [-0.3, -0.25) is 0 Å². The van der Waals surface area contributed by atoms with Gasteiger partial charge in [0, 0.05) is 22.2 Å². The number of benzene rings is 2. The van der Waals surface area contributed by atoms with Crippen LogP contribution in [0.4, 0.5) is 4.39 Å². The third-order valence-electron chi connectivity index (χ3n) is 4.81. The molecule has 1 saturated carbocycles. The predicted octanol–water partition coefficient (Wildman–Crippen LogP) is 5.80. The number of ether oxygens (including phenoxy) is 1. The molecule has 1 aromatic heterocycles. The fraction of sp³-hybridized carbons (Fsp3) is 0.250. The molecule has 0 N–H and O–H groups in total. The van der Waals surface area contributed by atoms with Crippen molar-refractivity contribution in [3.63, 3.8) is 0 Å². The second-order valence-corrected chi connectivity index (χ2v) is 7.32. The van der Waals surface area contributed by atoms with Crippen molar-refractivity contribution in [2.75, 3.05) is 7.11 Å². The Kier molecular flexibility index (Phi) is 4.41. The first-order valence-corrected chi connectivity index (χ1v) is 9.08. The van der Waals surface area contributed by atoms with E-state index in [4.69, 9.17) is 27.9 Å². The lowest BCUT2D eigenvalue weighted by atomic mass is 10.1. The van der Waals surface area contributed by atoms with Crippen molar-refractivity contribution in [3.8, 4) is 0 Å². The van der Waals surface area contributed by atoms with Gasteiger partial charge in [-0.15, -0.1) is 0 Å². The van der Waals surface area contributed by atoms with Crippen LogP contribution in [0.3, 0.4) is 0 Å². The molecule has 0 unspecified atom stereocenters. The van der Waals surface area contributed by atoms with Gasteiger partial charge in [-0.05, 0) is 54.7 Å². The molecule has 0 saturated heterocycles. The van der Waals surface area contributed by atoms with Crippen molar-refractivity contribution in [2.24, 2.45) is 0 Å². The fourth-order valence-electron chi connectivity index (χ4n) is 3.28. The van der Waals surface area contributed by atoms with Gasteiger partial charge in [0.25, 0.3) is 0 Å². The molecular formula is C20H16Cl2FNO2. The van der Waals surface area contributed by atoms with Crippen molar-refractivity contribution >= 4 is 40.1 Å². The first kappa shape index (κ1) is 17.4. The SMILES string of the molecule is COC(=O)c1ccc(Cl)c(Cn2ccc3cc(C4CC4)cc(F)c32)c1Cl. The number of aromatic nitrogens is 1. The number of carbonyl (C=O) groups is 1. The maximum atomic E-state index is 14.7. The quantitative estimate of drug-likeness (QED) is 0.526. The Morgan fingerprint density at radius 2 is 2.04 bits per heavy atom. The zero-order valence-corrected chi connectivity index (χ0v) is 15.6. The molecule has 1 aliphatic rings. The van der Waals surface area contributed by atoms with E-state index in [1.807, 2.05) is 18.3 Å². The minimum absolute atomic E-state index is 0.223. The summed E-state index contributed by atoms with van der Waals surface area (Å²) < 4.78 is 21.2. The molecule has 3 aromatic rings. The van der Waals surface area contributed by atoms with Gasteiger partial charge in [0.15, 0.2) is 0 Å². The van der Waals surface area contributed by atoms with E-state index in [9.17, 15) is 9.18 Å². The maximum Gasteiger partial charge on any atom is 0.339 e. The summed E-state index contributed by atoms with van der Waals surface area (Å²) in [6.45, 7) is 0.256. The molecule has 6 heteroatoms. The zero-order chi connectivity index (χ0) is 18.4. The van der Waals surface area contributed by atoms with Gasteiger partial charge in [-0.2, -0.15) is 0 Å². The minimum Gasteiger partial charge on any atom is -0.465 e. The van der Waals surface area contributed by atoms with Crippen LogP contribution in [0.5, 0.6) is 0 Å². The number of methoxy groups -OCH3 is 1. The molecule has 0 spiro atoms. The fourth-order valence-corrected chi connectivity index (χ4v) is 3.85. The second kappa shape index (κ2) is 6.60. The van der Waals surface area contributed by atoms with Crippen LogP contribution in [-0.4, -0.2) is 17.6 Å². The average Bonchev–Trinajstić information content (AvgIpc) is 3.39. The molecule has 134 valence electrons.